The molecular formula is C8H9NOS3. The highest BCUT2D eigenvalue weighted by molar-refractivity contribution is 8.01. The van der Waals surface area contributed by atoms with Gasteiger partial charge in [0.1, 0.15) is 0 Å². The molecule has 0 spiro atoms. The van der Waals surface area contributed by atoms with Crippen molar-refractivity contribution < 1.29 is 4.79 Å². The molecule has 0 aliphatic carbocycles. The van der Waals surface area contributed by atoms with Crippen molar-refractivity contribution >= 4 is 41.5 Å². The summed E-state index contributed by atoms with van der Waals surface area (Å²) >= 11 is 7.56. The van der Waals surface area contributed by atoms with E-state index in [4.69, 9.17) is 0 Å². The summed E-state index contributed by atoms with van der Waals surface area (Å²) in [4.78, 5) is 11.8. The van der Waals surface area contributed by atoms with Crippen LogP contribution in [-0.4, -0.2) is 24.6 Å². The van der Waals surface area contributed by atoms with Crippen LogP contribution in [0.25, 0.3) is 0 Å². The van der Waals surface area contributed by atoms with Crippen molar-refractivity contribution in [3.8, 4) is 0 Å². The number of thiol groups is 1. The number of nitrogens with one attached hydrogen (secondary N) is 1. The number of Topliss-reactive ketones (excluding diaryl/α,β-unsaturated/α-hetero) is 1. The lowest BCUT2D eigenvalue weighted by Crippen LogP contribution is -2.38. The molecular weight excluding hydrogens is 222 g/mol. The van der Waals surface area contributed by atoms with Crippen LogP contribution in [-0.2, 0) is 0 Å². The molecule has 2 heterocycles. The number of fused-ring (bicyclic) bond motifs is 1. The summed E-state index contributed by atoms with van der Waals surface area (Å²) in [5.41, 5.74) is 0.839. The minimum Gasteiger partial charge on any atom is -0.310 e. The molecule has 1 aromatic rings. The van der Waals surface area contributed by atoms with E-state index in [0.717, 1.165) is 19.7 Å². The predicted molar refractivity (Wildman–Crippen MR) is 59.5 cm³/mol. The first-order valence-corrected chi connectivity index (χ1v) is 6.14. The second kappa shape index (κ2) is 3.65. The van der Waals surface area contributed by atoms with Gasteiger partial charge in [0, 0.05) is 11.3 Å². The fraction of sp³-hybridized carbons (Fsp3) is 0.375. The quantitative estimate of drug-likeness (QED) is 0.724. The van der Waals surface area contributed by atoms with Crippen LogP contribution in [0.15, 0.2) is 14.5 Å². The lowest BCUT2D eigenvalue weighted by atomic mass is 10.1. The van der Waals surface area contributed by atoms with Crippen molar-refractivity contribution in [1.29, 1.82) is 0 Å². The summed E-state index contributed by atoms with van der Waals surface area (Å²) in [6, 6.07) is 1.84. The van der Waals surface area contributed by atoms with Crippen molar-refractivity contribution in [3.63, 3.8) is 0 Å². The van der Waals surface area contributed by atoms with Gasteiger partial charge in [-0.2, -0.15) is 0 Å². The minimum atomic E-state index is -0.0279. The Balaban J connectivity index is 2.38. The Morgan fingerprint density at radius 3 is 3.15 bits per heavy atom. The number of hydrogen-bond donors (Lipinski definition) is 2. The standard InChI is InChI=1S/C8H9NOS3/c1-9-5-3-12-8-4(7(5)10)2-6(11)13-8/h2,5,9,11H,3H2,1H3. The second-order valence-electron chi connectivity index (χ2n) is 2.80. The lowest BCUT2D eigenvalue weighted by Gasteiger charge is -2.18. The molecule has 0 bridgehead atoms. The van der Waals surface area contributed by atoms with Crippen LogP contribution < -0.4 is 5.32 Å². The van der Waals surface area contributed by atoms with Gasteiger partial charge in [0.2, 0.25) is 0 Å². The van der Waals surface area contributed by atoms with Crippen molar-refractivity contribution in [2.24, 2.45) is 0 Å². The van der Waals surface area contributed by atoms with Gasteiger partial charge in [-0.25, -0.2) is 0 Å². The topological polar surface area (TPSA) is 29.1 Å². The molecule has 5 heteroatoms. The Kier molecular flexibility index (Phi) is 2.69. The number of carbonyl (C=O) groups excluding carboxylic acids is 1. The van der Waals surface area contributed by atoms with Crippen molar-refractivity contribution in [2.45, 2.75) is 14.5 Å². The molecule has 1 unspecified atom stereocenters. The third-order valence-corrected chi connectivity index (χ3v) is 4.72. The van der Waals surface area contributed by atoms with Crippen LogP contribution >= 0.6 is 35.7 Å². The van der Waals surface area contributed by atoms with E-state index in [1.54, 1.807) is 23.1 Å². The lowest BCUT2D eigenvalue weighted by molar-refractivity contribution is 0.0952. The van der Waals surface area contributed by atoms with Crippen LogP contribution in [0.5, 0.6) is 0 Å². The van der Waals surface area contributed by atoms with Crippen LogP contribution in [0, 0.1) is 0 Å². The Bertz CT molecular complexity index is 347. The van der Waals surface area contributed by atoms with Gasteiger partial charge in [0.05, 0.1) is 14.5 Å². The largest absolute Gasteiger partial charge is 0.310 e. The Morgan fingerprint density at radius 2 is 2.46 bits per heavy atom. The maximum Gasteiger partial charge on any atom is 0.182 e. The highest BCUT2D eigenvalue weighted by Gasteiger charge is 2.28. The predicted octanol–water partition coefficient (Wildman–Crippen LogP) is 1.91. The molecule has 1 aromatic heterocycles. The van der Waals surface area contributed by atoms with Gasteiger partial charge < -0.3 is 5.32 Å². The zero-order chi connectivity index (χ0) is 9.42. The molecule has 0 aromatic carbocycles. The van der Waals surface area contributed by atoms with E-state index in [-0.39, 0.29) is 11.8 Å². The molecule has 2 nitrogen and oxygen atoms in total. The van der Waals surface area contributed by atoms with Crippen molar-refractivity contribution in [1.82, 2.24) is 5.32 Å². The molecule has 1 aliphatic heterocycles. The molecule has 0 saturated heterocycles. The number of ketones is 1. The van der Waals surface area contributed by atoms with Gasteiger partial charge in [-0.15, -0.1) is 35.7 Å². The fourth-order valence-electron chi connectivity index (χ4n) is 1.28. The number of rotatable bonds is 1. The molecule has 13 heavy (non-hydrogen) atoms. The van der Waals surface area contributed by atoms with E-state index >= 15 is 0 Å². The third kappa shape index (κ3) is 1.66. The Morgan fingerprint density at radius 1 is 1.69 bits per heavy atom. The first-order valence-electron chi connectivity index (χ1n) is 3.89. The van der Waals surface area contributed by atoms with E-state index < -0.39 is 0 Å². The highest BCUT2D eigenvalue weighted by atomic mass is 32.2. The molecule has 0 saturated carbocycles. The van der Waals surface area contributed by atoms with E-state index in [2.05, 4.69) is 17.9 Å². The molecule has 0 radical (unpaired) electrons. The summed E-state index contributed by atoms with van der Waals surface area (Å²) in [6.07, 6.45) is 0. The van der Waals surface area contributed by atoms with Gasteiger partial charge in [-0.3, -0.25) is 4.79 Å². The third-order valence-electron chi connectivity index (χ3n) is 2.00. The van der Waals surface area contributed by atoms with Gasteiger partial charge in [0.25, 0.3) is 0 Å². The zero-order valence-corrected chi connectivity index (χ0v) is 9.56. The summed E-state index contributed by atoms with van der Waals surface area (Å²) in [5, 5.41) is 3.01. The van der Waals surface area contributed by atoms with Crippen LogP contribution in [0.2, 0.25) is 0 Å². The van der Waals surface area contributed by atoms with Crippen LogP contribution in [0.3, 0.4) is 0 Å². The Hall–Kier alpha value is 0.0300. The molecule has 2 rings (SSSR count). The molecule has 70 valence electrons. The van der Waals surface area contributed by atoms with Gasteiger partial charge in [0.15, 0.2) is 5.78 Å². The van der Waals surface area contributed by atoms with E-state index in [1.807, 2.05) is 13.1 Å². The number of hydrogen-bond acceptors (Lipinski definition) is 5. The van der Waals surface area contributed by atoms with Crippen LogP contribution in [0.4, 0.5) is 0 Å². The normalized spacial score (nSPS) is 21.7. The summed E-state index contributed by atoms with van der Waals surface area (Å²) in [5.74, 6) is 1.03. The molecule has 0 amide bonds. The van der Waals surface area contributed by atoms with Gasteiger partial charge >= 0.3 is 0 Å². The highest BCUT2D eigenvalue weighted by Crippen LogP contribution is 2.38. The molecule has 0 fully saturated rings. The maximum atomic E-state index is 11.8. The van der Waals surface area contributed by atoms with E-state index in [0.29, 0.717) is 0 Å². The van der Waals surface area contributed by atoms with E-state index in [9.17, 15) is 4.79 Å². The van der Waals surface area contributed by atoms with Gasteiger partial charge in [-0.1, -0.05) is 0 Å². The Labute approximate surface area is 90.5 Å². The molecule has 1 atom stereocenters. The summed E-state index contributed by atoms with van der Waals surface area (Å²) in [7, 11) is 1.82. The SMILES string of the molecule is CNC1CSc2sc(S)cc2C1=O. The van der Waals surface area contributed by atoms with E-state index in [1.165, 1.54) is 0 Å². The summed E-state index contributed by atoms with van der Waals surface area (Å²) < 4.78 is 2.03. The molecule has 1 N–H and O–H groups in total. The first-order chi connectivity index (χ1) is 6.22. The van der Waals surface area contributed by atoms with Crippen molar-refractivity contribution in [2.75, 3.05) is 12.8 Å². The number of thioether (sulfide) groups is 1. The molecule has 1 aliphatic rings. The smallest absolute Gasteiger partial charge is 0.182 e. The average molecular weight is 231 g/mol. The minimum absolute atomic E-state index is 0.0279. The maximum absolute atomic E-state index is 11.8. The monoisotopic (exact) mass is 231 g/mol. The summed E-state index contributed by atoms with van der Waals surface area (Å²) in [6.45, 7) is 0. The average Bonchev–Trinajstić information content (AvgIpc) is 2.47. The van der Waals surface area contributed by atoms with Crippen LogP contribution in [0.1, 0.15) is 10.4 Å². The number of likely N-dealkylation sites (N-methyl/N-ethyl adjacent to an activating group) is 1. The zero-order valence-electron chi connectivity index (χ0n) is 7.03. The fourth-order valence-corrected chi connectivity index (χ4v) is 4.16. The number of carbonyl (C=O) groups is 1. The second-order valence-corrected chi connectivity index (χ2v) is 5.93. The van der Waals surface area contributed by atoms with Gasteiger partial charge in [-0.05, 0) is 13.1 Å². The first kappa shape index (κ1) is 9.58. The number of thiophene rings is 1. The van der Waals surface area contributed by atoms with Crippen molar-refractivity contribution in [3.05, 3.63) is 11.6 Å².